The average molecular weight is 280 g/mol. The Morgan fingerprint density at radius 3 is 2.81 bits per heavy atom. The van der Waals surface area contributed by atoms with Crippen LogP contribution in [0.1, 0.15) is 17.5 Å². The number of rotatable bonds is 4. The Morgan fingerprint density at radius 1 is 1.19 bits per heavy atom. The van der Waals surface area contributed by atoms with Gasteiger partial charge in [0, 0.05) is 12.6 Å². The number of nitrogens with one attached hydrogen (secondary N) is 1. The second-order valence-electron chi connectivity index (χ2n) is 5.05. The van der Waals surface area contributed by atoms with E-state index in [1.807, 2.05) is 12.1 Å². The number of nitrogens with zero attached hydrogens (tertiary/aromatic N) is 3. The third-order valence-corrected chi connectivity index (χ3v) is 3.34. The Morgan fingerprint density at radius 2 is 2.00 bits per heavy atom. The first kappa shape index (κ1) is 13.3. The van der Waals surface area contributed by atoms with Gasteiger partial charge in [0.25, 0.3) is 0 Å². The average Bonchev–Trinajstić information content (AvgIpc) is 2.94. The van der Waals surface area contributed by atoms with Crippen LogP contribution in [0.4, 0.5) is 5.69 Å². The summed E-state index contributed by atoms with van der Waals surface area (Å²) in [5.74, 6) is 0.00278. The number of anilines is 1. The molecule has 3 aromatic rings. The first-order valence-corrected chi connectivity index (χ1v) is 6.85. The van der Waals surface area contributed by atoms with E-state index in [2.05, 4.69) is 46.7 Å². The van der Waals surface area contributed by atoms with Crippen molar-refractivity contribution in [2.45, 2.75) is 19.8 Å². The molecule has 0 fully saturated rings. The van der Waals surface area contributed by atoms with Gasteiger partial charge < -0.3 is 5.32 Å². The molecule has 0 saturated heterocycles. The molecule has 0 aliphatic heterocycles. The molecule has 2 heterocycles. The lowest BCUT2D eigenvalue weighted by molar-refractivity contribution is -0.116. The van der Waals surface area contributed by atoms with E-state index in [-0.39, 0.29) is 5.91 Å². The summed E-state index contributed by atoms with van der Waals surface area (Å²) in [7, 11) is 0. The maximum Gasteiger partial charge on any atom is 0.224 e. The highest BCUT2D eigenvalue weighted by molar-refractivity contribution is 5.90. The lowest BCUT2D eigenvalue weighted by atomic mass is 10.1. The number of hydrogen-bond donors (Lipinski definition) is 1. The van der Waals surface area contributed by atoms with Crippen molar-refractivity contribution < 1.29 is 4.79 Å². The van der Waals surface area contributed by atoms with Crippen molar-refractivity contribution in [1.29, 1.82) is 0 Å². The minimum absolute atomic E-state index is 0.00278. The highest BCUT2D eigenvalue weighted by atomic mass is 16.1. The van der Waals surface area contributed by atoms with Crippen LogP contribution in [0.25, 0.3) is 5.65 Å². The van der Waals surface area contributed by atoms with Crippen LogP contribution in [0.2, 0.25) is 0 Å². The van der Waals surface area contributed by atoms with Crippen molar-refractivity contribution >= 4 is 17.2 Å². The predicted molar refractivity (Wildman–Crippen MR) is 81.1 cm³/mol. The van der Waals surface area contributed by atoms with Gasteiger partial charge in [0.15, 0.2) is 5.65 Å². The zero-order chi connectivity index (χ0) is 14.7. The van der Waals surface area contributed by atoms with Gasteiger partial charge in [-0.25, -0.2) is 0 Å². The van der Waals surface area contributed by atoms with Crippen LogP contribution in [-0.4, -0.2) is 20.5 Å². The van der Waals surface area contributed by atoms with Crippen LogP contribution in [0, 0.1) is 6.92 Å². The van der Waals surface area contributed by atoms with Crippen LogP contribution in [0.3, 0.4) is 0 Å². The fraction of sp³-hybridized carbons (Fsp3) is 0.188. The fourth-order valence-corrected chi connectivity index (χ4v) is 2.14. The van der Waals surface area contributed by atoms with Gasteiger partial charge >= 0.3 is 0 Å². The largest absolute Gasteiger partial charge is 0.325 e. The van der Waals surface area contributed by atoms with Crippen molar-refractivity contribution in [2.24, 2.45) is 0 Å². The molecule has 0 saturated carbocycles. The molecule has 0 bridgehead atoms. The summed E-state index contributed by atoms with van der Waals surface area (Å²) in [6.45, 7) is 2.05. The van der Waals surface area contributed by atoms with E-state index < -0.39 is 0 Å². The molecule has 2 aromatic heterocycles. The number of carbonyl (C=O) groups is 1. The minimum atomic E-state index is 0.00278. The number of benzene rings is 1. The Balaban J connectivity index is 1.59. The molecule has 0 spiro atoms. The second kappa shape index (κ2) is 5.75. The number of amides is 1. The van der Waals surface area contributed by atoms with Crippen molar-refractivity contribution in [3.05, 3.63) is 60.0 Å². The van der Waals surface area contributed by atoms with E-state index >= 15 is 0 Å². The number of aromatic nitrogens is 3. The summed E-state index contributed by atoms with van der Waals surface area (Å²) in [6, 6.07) is 11.9. The summed E-state index contributed by atoms with van der Waals surface area (Å²) in [4.78, 5) is 12.0. The van der Waals surface area contributed by atoms with Crippen molar-refractivity contribution in [3.8, 4) is 0 Å². The minimum Gasteiger partial charge on any atom is -0.325 e. The molecule has 1 aromatic carbocycles. The Hall–Kier alpha value is -2.69. The second-order valence-corrected chi connectivity index (χ2v) is 5.05. The van der Waals surface area contributed by atoms with Crippen LogP contribution in [-0.2, 0) is 11.2 Å². The highest BCUT2D eigenvalue weighted by Crippen LogP contribution is 2.11. The third kappa shape index (κ3) is 3.25. The lowest BCUT2D eigenvalue weighted by Crippen LogP contribution is -2.12. The Bertz CT molecular complexity index is 761. The van der Waals surface area contributed by atoms with Gasteiger partial charge in [0.05, 0.1) is 5.69 Å². The third-order valence-electron chi connectivity index (χ3n) is 3.34. The van der Waals surface area contributed by atoms with Crippen LogP contribution in [0.15, 0.2) is 48.9 Å². The van der Waals surface area contributed by atoms with E-state index in [1.54, 1.807) is 16.9 Å². The quantitative estimate of drug-likeness (QED) is 0.799. The van der Waals surface area contributed by atoms with Crippen LogP contribution in [0.5, 0.6) is 0 Å². The molecule has 5 nitrogen and oxygen atoms in total. The molecule has 1 N–H and O–H groups in total. The molecular formula is C16H16N4O. The predicted octanol–water partition coefficient (Wildman–Crippen LogP) is 2.61. The van der Waals surface area contributed by atoms with Crippen LogP contribution >= 0.6 is 0 Å². The number of carbonyl (C=O) groups excluding carboxylic acids is 1. The van der Waals surface area contributed by atoms with Gasteiger partial charge in [-0.1, -0.05) is 29.8 Å². The molecule has 0 atom stereocenters. The summed E-state index contributed by atoms with van der Waals surface area (Å²) in [6.07, 6.45) is 4.61. The monoisotopic (exact) mass is 280 g/mol. The maximum absolute atomic E-state index is 12.0. The SMILES string of the molecule is Cc1ccc(CCC(=O)Nc2ccc3nncn3c2)cc1. The van der Waals surface area contributed by atoms with Crippen molar-refractivity contribution in [1.82, 2.24) is 14.6 Å². The molecule has 3 rings (SSSR count). The molecule has 0 unspecified atom stereocenters. The molecule has 1 amide bonds. The maximum atomic E-state index is 12.0. The fourth-order valence-electron chi connectivity index (χ4n) is 2.14. The van der Waals surface area contributed by atoms with Crippen LogP contribution < -0.4 is 5.32 Å². The summed E-state index contributed by atoms with van der Waals surface area (Å²) >= 11 is 0. The smallest absolute Gasteiger partial charge is 0.224 e. The molecule has 0 aliphatic rings. The zero-order valence-corrected chi connectivity index (χ0v) is 11.8. The number of fused-ring (bicyclic) bond motifs is 1. The standard InChI is InChI=1S/C16H16N4O/c1-12-2-4-13(5-3-12)6-9-16(21)18-14-7-8-15-19-17-11-20(15)10-14/h2-5,7-8,10-11H,6,9H2,1H3,(H,18,21). The molecule has 21 heavy (non-hydrogen) atoms. The number of pyridine rings is 1. The summed E-state index contributed by atoms with van der Waals surface area (Å²) in [5.41, 5.74) is 3.90. The first-order valence-electron chi connectivity index (χ1n) is 6.85. The molecular weight excluding hydrogens is 264 g/mol. The van der Waals surface area contributed by atoms with Gasteiger partial charge in [-0.3, -0.25) is 9.20 Å². The zero-order valence-electron chi connectivity index (χ0n) is 11.8. The van der Waals surface area contributed by atoms with Gasteiger partial charge in [-0.2, -0.15) is 0 Å². The topological polar surface area (TPSA) is 59.3 Å². The normalized spacial score (nSPS) is 10.7. The molecule has 106 valence electrons. The molecule has 5 heteroatoms. The summed E-state index contributed by atoms with van der Waals surface area (Å²) in [5, 5.41) is 10.6. The number of hydrogen-bond acceptors (Lipinski definition) is 3. The van der Waals surface area contributed by atoms with Crippen molar-refractivity contribution in [2.75, 3.05) is 5.32 Å². The van der Waals surface area contributed by atoms with Gasteiger partial charge in [0.1, 0.15) is 6.33 Å². The highest BCUT2D eigenvalue weighted by Gasteiger charge is 2.04. The Labute approximate surface area is 122 Å². The molecule has 0 aliphatic carbocycles. The van der Waals surface area contributed by atoms with Gasteiger partial charge in [-0.15, -0.1) is 10.2 Å². The van der Waals surface area contributed by atoms with E-state index in [0.29, 0.717) is 6.42 Å². The van der Waals surface area contributed by atoms with E-state index in [1.165, 1.54) is 11.1 Å². The van der Waals surface area contributed by atoms with Crippen molar-refractivity contribution in [3.63, 3.8) is 0 Å². The van der Waals surface area contributed by atoms with Gasteiger partial charge in [0.2, 0.25) is 5.91 Å². The summed E-state index contributed by atoms with van der Waals surface area (Å²) < 4.78 is 1.77. The lowest BCUT2D eigenvalue weighted by Gasteiger charge is -2.06. The first-order chi connectivity index (χ1) is 10.2. The van der Waals surface area contributed by atoms with E-state index in [0.717, 1.165) is 17.8 Å². The van der Waals surface area contributed by atoms with Gasteiger partial charge in [-0.05, 0) is 31.0 Å². The van der Waals surface area contributed by atoms with E-state index in [4.69, 9.17) is 0 Å². The Kier molecular flexibility index (Phi) is 3.64. The van der Waals surface area contributed by atoms with E-state index in [9.17, 15) is 4.79 Å². The number of aryl methyl sites for hydroxylation is 2. The molecule has 0 radical (unpaired) electrons.